The number of anilines is 1. The van der Waals surface area contributed by atoms with Crippen molar-refractivity contribution >= 4 is 29.7 Å². The average Bonchev–Trinajstić information content (AvgIpc) is 3.23. The van der Waals surface area contributed by atoms with Gasteiger partial charge in [-0.2, -0.15) is 0 Å². The minimum atomic E-state index is -1.83. The van der Waals surface area contributed by atoms with Gasteiger partial charge in [0.25, 0.3) is 0 Å². The molecule has 0 radical (unpaired) electrons. The molecule has 2 nitrogen and oxygen atoms in total. The Morgan fingerprint density at radius 2 is 1.34 bits per heavy atom. The van der Waals surface area contributed by atoms with Gasteiger partial charge in [0.05, 0.1) is 0 Å². The number of rotatable bonds is 7. The van der Waals surface area contributed by atoms with Crippen LogP contribution < -0.4 is 9.64 Å². The molecule has 1 aliphatic heterocycles. The number of nitrogens with zero attached hydrogens (tertiary/aromatic N) is 1. The first kappa shape index (κ1) is 31.5. The fraction of sp³-hybridized carbons (Fsp3) is 0.278. The molecule has 1 saturated heterocycles. The van der Waals surface area contributed by atoms with Gasteiger partial charge in [-0.15, -0.1) is 5.41 Å². The monoisotopic (exact) mass is 674 g/mol. The molecular formula is C36H40Cl2NORu-. The molecule has 0 saturated carbocycles. The summed E-state index contributed by atoms with van der Waals surface area (Å²) >= 11 is -1.83. The van der Waals surface area contributed by atoms with Crippen LogP contribution in [0.15, 0.2) is 103 Å². The average molecular weight is 675 g/mol. The molecule has 1 aliphatic rings. The van der Waals surface area contributed by atoms with E-state index in [0.717, 1.165) is 36.3 Å². The second-order valence-electron chi connectivity index (χ2n) is 11.2. The van der Waals surface area contributed by atoms with E-state index in [0.29, 0.717) is 0 Å². The first-order valence-electron chi connectivity index (χ1n) is 14.1. The van der Waals surface area contributed by atoms with Gasteiger partial charge in [-0.05, 0) is 44.2 Å². The van der Waals surface area contributed by atoms with Gasteiger partial charge in [0.1, 0.15) is 0 Å². The Labute approximate surface area is 259 Å². The van der Waals surface area contributed by atoms with Crippen LogP contribution in [0.3, 0.4) is 0 Å². The first-order chi connectivity index (χ1) is 19.7. The van der Waals surface area contributed by atoms with Crippen LogP contribution >= 0.6 is 19.4 Å². The van der Waals surface area contributed by atoms with Gasteiger partial charge in [0, 0.05) is 11.2 Å². The summed E-state index contributed by atoms with van der Waals surface area (Å²) in [5, 5.41) is 0. The number of hydrogen-bond donors (Lipinski definition) is 0. The maximum atomic E-state index is 5.88. The standard InChI is InChI=1S/C23H30N.C13H10O.2ClH.Ru/c1-6-18-12-11-13-19(7-2)21(18)24-17-23(5,16-22(24,3)4)20-14-9-8-10-15-20;1-11-7-5-6-10-13(11)14-12-8-3-2-4-9-12;;;/h8-15,17H,6-7,16H2,1-5H3;1-10H;2*1H;/q-1;;;;+2/p-2/t23-;;;;/m0..../s1. The van der Waals surface area contributed by atoms with Crippen LogP contribution in [0.1, 0.15) is 63.3 Å². The molecule has 1 fully saturated rings. The number of hydrogen-bond acceptors (Lipinski definition) is 2. The van der Waals surface area contributed by atoms with Gasteiger partial charge in [0.15, 0.2) is 0 Å². The summed E-state index contributed by atoms with van der Waals surface area (Å²) in [5.41, 5.74) is 6.89. The van der Waals surface area contributed by atoms with Crippen LogP contribution in [0.2, 0.25) is 0 Å². The predicted octanol–water partition coefficient (Wildman–Crippen LogP) is 10.5. The molecule has 0 aliphatic carbocycles. The maximum absolute atomic E-state index is 5.88. The second-order valence-corrected chi connectivity index (χ2v) is 16.9. The molecule has 0 spiro atoms. The van der Waals surface area contributed by atoms with E-state index in [9.17, 15) is 0 Å². The molecule has 0 N–H and O–H groups in total. The molecule has 4 aromatic rings. The molecule has 0 bridgehead atoms. The summed E-state index contributed by atoms with van der Waals surface area (Å²) < 4.78 is 7.67. The van der Waals surface area contributed by atoms with Crippen molar-refractivity contribution in [2.75, 3.05) is 4.90 Å². The van der Waals surface area contributed by atoms with E-state index in [-0.39, 0.29) is 11.0 Å². The van der Waals surface area contributed by atoms with Crippen molar-refractivity contribution in [1.82, 2.24) is 0 Å². The van der Waals surface area contributed by atoms with Gasteiger partial charge in [-0.3, -0.25) is 0 Å². The van der Waals surface area contributed by atoms with Crippen LogP contribution in [0.4, 0.5) is 5.69 Å². The third-order valence-corrected chi connectivity index (χ3v) is 9.41. The van der Waals surface area contributed by atoms with Crippen LogP contribution in [-0.4, -0.2) is 10.1 Å². The Kier molecular flexibility index (Phi) is 10.9. The zero-order chi connectivity index (χ0) is 29.5. The predicted molar refractivity (Wildman–Crippen MR) is 174 cm³/mol. The molecule has 5 rings (SSSR count). The molecule has 4 aromatic carbocycles. The van der Waals surface area contributed by atoms with Crippen LogP contribution in [0.25, 0.3) is 0 Å². The van der Waals surface area contributed by atoms with Gasteiger partial charge in [0.2, 0.25) is 0 Å². The summed E-state index contributed by atoms with van der Waals surface area (Å²) in [4.78, 5) is 2.57. The van der Waals surface area contributed by atoms with Crippen molar-refractivity contribution < 1.29 is 18.3 Å². The summed E-state index contributed by atoms with van der Waals surface area (Å²) in [7, 11) is 11.8. The molecule has 218 valence electrons. The Bertz CT molecular complexity index is 1430. The molecule has 0 unspecified atom stereocenters. The Hall–Kier alpha value is -2.45. The molecule has 41 heavy (non-hydrogen) atoms. The number of para-hydroxylation sites is 3. The van der Waals surface area contributed by atoms with E-state index in [2.05, 4.69) is 94.6 Å². The van der Waals surface area contributed by atoms with E-state index in [4.69, 9.17) is 24.1 Å². The summed E-state index contributed by atoms with van der Waals surface area (Å²) in [5.74, 6) is 1.58. The fourth-order valence-electron chi connectivity index (χ4n) is 5.73. The van der Waals surface area contributed by atoms with E-state index < -0.39 is 13.5 Å². The normalized spacial score (nSPS) is 17.8. The van der Waals surface area contributed by atoms with Crippen molar-refractivity contribution in [3.63, 3.8) is 0 Å². The zero-order valence-electron chi connectivity index (χ0n) is 24.6. The molecule has 1 atom stereocenters. The Morgan fingerprint density at radius 3 is 1.93 bits per heavy atom. The fourth-order valence-corrected chi connectivity index (χ4v) is 7.54. The van der Waals surface area contributed by atoms with E-state index in [1.807, 2.05) is 59.2 Å². The molecule has 5 heteroatoms. The number of ether oxygens (including phenoxy) is 1. The van der Waals surface area contributed by atoms with E-state index >= 15 is 0 Å². The van der Waals surface area contributed by atoms with Gasteiger partial charge < -0.3 is 4.90 Å². The van der Waals surface area contributed by atoms with Gasteiger partial charge in [-0.1, -0.05) is 74.9 Å². The van der Waals surface area contributed by atoms with Crippen molar-refractivity contribution in [1.29, 1.82) is 0 Å². The van der Waals surface area contributed by atoms with Crippen LogP contribution in [0, 0.1) is 6.54 Å². The third kappa shape index (κ3) is 7.89. The first-order valence-corrected chi connectivity index (χ1v) is 19.6. The van der Waals surface area contributed by atoms with Gasteiger partial charge >= 0.3 is 114 Å². The van der Waals surface area contributed by atoms with Gasteiger partial charge in [-0.25, -0.2) is 6.54 Å². The topological polar surface area (TPSA) is 12.5 Å². The quantitative estimate of drug-likeness (QED) is 0.143. The van der Waals surface area contributed by atoms with Crippen molar-refractivity contribution in [3.05, 3.63) is 132 Å². The summed E-state index contributed by atoms with van der Waals surface area (Å²) in [6.07, 6.45) is 3.28. The molecule has 0 aromatic heterocycles. The van der Waals surface area contributed by atoms with Crippen LogP contribution in [-0.2, 0) is 31.8 Å². The van der Waals surface area contributed by atoms with E-state index in [1.54, 1.807) is 0 Å². The Balaban J connectivity index is 0.000000201. The third-order valence-electron chi connectivity index (χ3n) is 7.58. The second kappa shape index (κ2) is 14.1. The number of aryl methyl sites for hydroxylation is 2. The van der Waals surface area contributed by atoms with Crippen LogP contribution in [0.5, 0.6) is 11.5 Å². The SMILES string of the molecule is CCc1cccc(CC)c1N1[CH-][C@@](C)(c2ccccc2)CC1(C)C.[Cl][Ru]([Cl])=[CH]c1ccccc1Oc1ccccc1. The number of benzene rings is 4. The molecular weight excluding hydrogens is 634 g/mol. The van der Waals surface area contributed by atoms with Crippen molar-refractivity contribution in [2.45, 2.75) is 64.8 Å². The van der Waals surface area contributed by atoms with Crippen molar-refractivity contribution in [3.8, 4) is 11.5 Å². The minimum absolute atomic E-state index is 0.0800. The Morgan fingerprint density at radius 1 is 0.780 bits per heavy atom. The summed E-state index contributed by atoms with van der Waals surface area (Å²) in [6, 6.07) is 35.1. The molecule has 1 heterocycles. The molecule has 0 amide bonds. The number of halogens is 2. The van der Waals surface area contributed by atoms with E-state index in [1.165, 1.54) is 22.4 Å². The van der Waals surface area contributed by atoms with Crippen molar-refractivity contribution in [2.24, 2.45) is 0 Å². The zero-order valence-corrected chi connectivity index (χ0v) is 27.8. The summed E-state index contributed by atoms with van der Waals surface area (Å²) in [6.45, 7) is 14.1.